The van der Waals surface area contributed by atoms with E-state index in [9.17, 15) is 29.7 Å². The summed E-state index contributed by atoms with van der Waals surface area (Å²) in [7, 11) is -3.31. The molecule has 0 fully saturated rings. The van der Waals surface area contributed by atoms with Crippen molar-refractivity contribution in [1.29, 1.82) is 0 Å². The SMILES string of the molecule is O=C(Nc1cccc(B(O)O)c1)c1ccnc(-c2cc(C(=O)Nc3cccc(B(O)O)c3)ccn2)c1. The fourth-order valence-corrected chi connectivity index (χ4v) is 3.38. The largest absolute Gasteiger partial charge is 0.488 e. The van der Waals surface area contributed by atoms with Crippen molar-refractivity contribution >= 4 is 48.4 Å². The molecule has 0 radical (unpaired) electrons. The van der Waals surface area contributed by atoms with Crippen molar-refractivity contribution in [1.82, 2.24) is 9.97 Å². The number of carbonyl (C=O) groups excluding carboxylic acids is 2. The van der Waals surface area contributed by atoms with Gasteiger partial charge >= 0.3 is 14.2 Å². The first kappa shape index (κ1) is 24.8. The molecule has 0 aliphatic carbocycles. The highest BCUT2D eigenvalue weighted by molar-refractivity contribution is 6.59. The van der Waals surface area contributed by atoms with Gasteiger partial charge in [0.25, 0.3) is 11.8 Å². The Labute approximate surface area is 206 Å². The molecule has 0 aliphatic heterocycles. The van der Waals surface area contributed by atoms with Gasteiger partial charge in [0, 0.05) is 34.9 Å². The van der Waals surface area contributed by atoms with Crippen LogP contribution < -0.4 is 21.6 Å². The van der Waals surface area contributed by atoms with Crippen LogP contribution in [0.25, 0.3) is 11.4 Å². The van der Waals surface area contributed by atoms with E-state index >= 15 is 0 Å². The molecule has 0 saturated carbocycles. The van der Waals surface area contributed by atoms with E-state index < -0.39 is 26.1 Å². The maximum absolute atomic E-state index is 12.7. The Morgan fingerprint density at radius 2 is 1.03 bits per heavy atom. The standard InChI is InChI=1S/C24H20B2N4O6/c31-23(29-19-5-1-3-17(13-19)25(33)34)15-7-9-27-21(11-15)22-12-16(8-10-28-22)24(32)30-20-6-2-4-18(14-20)26(35)36/h1-14,33-36H,(H,29,31)(H,30,32). The quantitative estimate of drug-likeness (QED) is 0.201. The summed E-state index contributed by atoms with van der Waals surface area (Å²) in [4.78, 5) is 34.0. The first-order valence-electron chi connectivity index (χ1n) is 10.8. The third-order valence-corrected chi connectivity index (χ3v) is 5.19. The summed E-state index contributed by atoms with van der Waals surface area (Å²) in [5.41, 5.74) is 2.54. The summed E-state index contributed by atoms with van der Waals surface area (Å²) in [6.45, 7) is 0. The second-order valence-corrected chi connectivity index (χ2v) is 7.77. The van der Waals surface area contributed by atoms with Gasteiger partial charge in [0.2, 0.25) is 0 Å². The molecule has 12 heteroatoms. The van der Waals surface area contributed by atoms with Gasteiger partial charge in [0.1, 0.15) is 0 Å². The summed E-state index contributed by atoms with van der Waals surface area (Å²) in [5.74, 6) is -0.883. The molecule has 2 heterocycles. The van der Waals surface area contributed by atoms with E-state index in [1.807, 2.05) is 0 Å². The molecule has 0 bridgehead atoms. The molecule has 0 unspecified atom stereocenters. The number of nitrogens with one attached hydrogen (secondary N) is 2. The van der Waals surface area contributed by atoms with Gasteiger partial charge in [-0.2, -0.15) is 0 Å². The molecule has 6 N–H and O–H groups in total. The molecule has 0 atom stereocenters. The molecule has 178 valence electrons. The predicted molar refractivity (Wildman–Crippen MR) is 136 cm³/mol. The van der Waals surface area contributed by atoms with Gasteiger partial charge in [0.05, 0.1) is 11.4 Å². The van der Waals surface area contributed by atoms with Gasteiger partial charge in [-0.15, -0.1) is 0 Å². The first-order chi connectivity index (χ1) is 17.3. The summed E-state index contributed by atoms with van der Waals surface area (Å²) >= 11 is 0. The fourth-order valence-electron chi connectivity index (χ4n) is 3.38. The van der Waals surface area contributed by atoms with Crippen LogP contribution in [0.3, 0.4) is 0 Å². The normalized spacial score (nSPS) is 10.4. The third-order valence-electron chi connectivity index (χ3n) is 5.19. The van der Waals surface area contributed by atoms with Crippen LogP contribution >= 0.6 is 0 Å². The Bertz CT molecular complexity index is 1310. The van der Waals surface area contributed by atoms with Crippen LogP contribution in [0.1, 0.15) is 20.7 Å². The van der Waals surface area contributed by atoms with Crippen molar-refractivity contribution in [3.8, 4) is 11.4 Å². The number of amides is 2. The van der Waals surface area contributed by atoms with Crippen LogP contribution in [0.5, 0.6) is 0 Å². The molecule has 2 amide bonds. The van der Waals surface area contributed by atoms with Crippen LogP contribution in [0.2, 0.25) is 0 Å². The topological polar surface area (TPSA) is 165 Å². The lowest BCUT2D eigenvalue weighted by Crippen LogP contribution is -2.30. The number of nitrogens with zero attached hydrogens (tertiary/aromatic N) is 2. The van der Waals surface area contributed by atoms with Crippen LogP contribution in [0.4, 0.5) is 11.4 Å². The summed E-state index contributed by atoms with van der Waals surface area (Å²) in [6, 6.07) is 18.4. The van der Waals surface area contributed by atoms with Crippen molar-refractivity contribution in [2.24, 2.45) is 0 Å². The number of anilines is 2. The van der Waals surface area contributed by atoms with E-state index in [-0.39, 0.29) is 22.1 Å². The van der Waals surface area contributed by atoms with Crippen LogP contribution in [-0.2, 0) is 0 Å². The van der Waals surface area contributed by atoms with E-state index in [1.54, 1.807) is 24.3 Å². The van der Waals surface area contributed by atoms with Gasteiger partial charge in [-0.3, -0.25) is 19.6 Å². The minimum absolute atomic E-state index is 0.238. The minimum Gasteiger partial charge on any atom is -0.423 e. The zero-order valence-electron chi connectivity index (χ0n) is 18.7. The van der Waals surface area contributed by atoms with E-state index in [0.29, 0.717) is 22.8 Å². The van der Waals surface area contributed by atoms with Gasteiger partial charge in [-0.25, -0.2) is 0 Å². The average Bonchev–Trinajstić information content (AvgIpc) is 2.89. The highest BCUT2D eigenvalue weighted by Gasteiger charge is 2.15. The lowest BCUT2D eigenvalue weighted by Gasteiger charge is -2.09. The summed E-state index contributed by atoms with van der Waals surface area (Å²) in [5, 5.41) is 42.7. The molecule has 2 aromatic heterocycles. The number of hydrogen-bond acceptors (Lipinski definition) is 8. The predicted octanol–water partition coefficient (Wildman–Crippen LogP) is 0.00780. The molecule has 4 rings (SSSR count). The Kier molecular flexibility index (Phi) is 7.52. The molecule has 0 spiro atoms. The van der Waals surface area contributed by atoms with Gasteiger partial charge in [-0.1, -0.05) is 24.3 Å². The van der Waals surface area contributed by atoms with Gasteiger partial charge in [0.15, 0.2) is 0 Å². The Hall–Kier alpha value is -4.35. The van der Waals surface area contributed by atoms with E-state index in [1.165, 1.54) is 60.9 Å². The molecular formula is C24H20B2N4O6. The average molecular weight is 482 g/mol. The second kappa shape index (κ2) is 10.9. The molecule has 2 aromatic carbocycles. The maximum Gasteiger partial charge on any atom is 0.488 e. The second-order valence-electron chi connectivity index (χ2n) is 7.77. The molecule has 0 aliphatic rings. The van der Waals surface area contributed by atoms with Crippen molar-refractivity contribution in [3.63, 3.8) is 0 Å². The van der Waals surface area contributed by atoms with Crippen LogP contribution in [0.15, 0.2) is 85.2 Å². The zero-order valence-corrected chi connectivity index (χ0v) is 18.7. The monoisotopic (exact) mass is 482 g/mol. The maximum atomic E-state index is 12.7. The number of benzene rings is 2. The lowest BCUT2D eigenvalue weighted by molar-refractivity contribution is 0.101. The Balaban J connectivity index is 1.52. The zero-order chi connectivity index (χ0) is 25.7. The van der Waals surface area contributed by atoms with Gasteiger partial charge in [-0.05, 0) is 59.5 Å². The van der Waals surface area contributed by atoms with Crippen molar-refractivity contribution < 1.29 is 29.7 Å². The lowest BCUT2D eigenvalue weighted by atomic mass is 9.80. The molecule has 10 nitrogen and oxygen atoms in total. The summed E-state index contributed by atoms with van der Waals surface area (Å²) < 4.78 is 0. The Morgan fingerprint density at radius 1 is 0.611 bits per heavy atom. The molecule has 0 saturated heterocycles. The number of aromatic nitrogens is 2. The number of carbonyl (C=O) groups is 2. The van der Waals surface area contributed by atoms with Crippen LogP contribution in [0, 0.1) is 0 Å². The molecular weight excluding hydrogens is 462 g/mol. The number of rotatable bonds is 7. The smallest absolute Gasteiger partial charge is 0.423 e. The van der Waals surface area contributed by atoms with Gasteiger partial charge < -0.3 is 30.7 Å². The Morgan fingerprint density at radius 3 is 1.42 bits per heavy atom. The summed E-state index contributed by atoms with van der Waals surface area (Å²) in [6.07, 6.45) is 2.89. The van der Waals surface area contributed by atoms with E-state index in [4.69, 9.17) is 0 Å². The number of hydrogen-bond donors (Lipinski definition) is 6. The first-order valence-corrected chi connectivity index (χ1v) is 10.8. The van der Waals surface area contributed by atoms with Crippen molar-refractivity contribution in [2.45, 2.75) is 0 Å². The highest BCUT2D eigenvalue weighted by atomic mass is 16.4. The van der Waals surface area contributed by atoms with Crippen molar-refractivity contribution in [2.75, 3.05) is 10.6 Å². The minimum atomic E-state index is -1.66. The van der Waals surface area contributed by atoms with E-state index in [0.717, 1.165) is 0 Å². The molecule has 36 heavy (non-hydrogen) atoms. The van der Waals surface area contributed by atoms with Crippen LogP contribution in [-0.4, -0.2) is 56.1 Å². The highest BCUT2D eigenvalue weighted by Crippen LogP contribution is 2.19. The van der Waals surface area contributed by atoms with E-state index in [2.05, 4.69) is 20.6 Å². The third kappa shape index (κ3) is 6.01. The molecule has 4 aromatic rings. The number of pyridine rings is 2. The van der Waals surface area contributed by atoms with Crippen molar-refractivity contribution in [3.05, 3.63) is 96.3 Å². The fraction of sp³-hybridized carbons (Fsp3) is 0.